The van der Waals surface area contributed by atoms with E-state index in [9.17, 15) is 4.79 Å². The van der Waals surface area contributed by atoms with Gasteiger partial charge in [0, 0.05) is 5.92 Å². The standard InChI is InChI=1S/C11H14O/c1-7-4-3-5-9-6-8(2)11(12)10(7)9/h3-4,6-7,9-10H,5H2,1-2H3/t7?,9-,10-/m0/s1. The lowest BCUT2D eigenvalue weighted by atomic mass is 9.78. The van der Waals surface area contributed by atoms with Gasteiger partial charge >= 0.3 is 0 Å². The Morgan fingerprint density at radius 2 is 2.25 bits per heavy atom. The Labute approximate surface area is 73.2 Å². The quantitative estimate of drug-likeness (QED) is 0.500. The van der Waals surface area contributed by atoms with Crippen LogP contribution in [0.3, 0.4) is 0 Å². The first-order valence-corrected chi connectivity index (χ1v) is 4.59. The largest absolute Gasteiger partial charge is 0.294 e. The van der Waals surface area contributed by atoms with E-state index in [1.54, 1.807) is 0 Å². The van der Waals surface area contributed by atoms with Gasteiger partial charge in [0.25, 0.3) is 0 Å². The molecular weight excluding hydrogens is 148 g/mol. The smallest absolute Gasteiger partial charge is 0.162 e. The number of rotatable bonds is 0. The van der Waals surface area contributed by atoms with Crippen molar-refractivity contribution in [3.05, 3.63) is 23.8 Å². The van der Waals surface area contributed by atoms with Crippen LogP contribution in [0.1, 0.15) is 20.3 Å². The fourth-order valence-corrected chi connectivity index (χ4v) is 2.38. The van der Waals surface area contributed by atoms with Crippen LogP contribution in [0.25, 0.3) is 0 Å². The lowest BCUT2D eigenvalue weighted by molar-refractivity contribution is -0.120. The van der Waals surface area contributed by atoms with Crippen molar-refractivity contribution in [3.8, 4) is 0 Å². The number of hydrogen-bond donors (Lipinski definition) is 0. The van der Waals surface area contributed by atoms with Crippen LogP contribution in [0.5, 0.6) is 0 Å². The molecule has 1 heteroatoms. The Morgan fingerprint density at radius 1 is 1.50 bits per heavy atom. The van der Waals surface area contributed by atoms with Crippen LogP contribution in [0.4, 0.5) is 0 Å². The summed E-state index contributed by atoms with van der Waals surface area (Å²) in [5.74, 6) is 1.56. The minimum atomic E-state index is 0.259. The Bertz CT molecular complexity index is 273. The summed E-state index contributed by atoms with van der Waals surface area (Å²) in [7, 11) is 0. The van der Waals surface area contributed by atoms with Crippen molar-refractivity contribution in [1.82, 2.24) is 0 Å². The first kappa shape index (κ1) is 7.78. The minimum absolute atomic E-state index is 0.259. The van der Waals surface area contributed by atoms with Crippen LogP contribution < -0.4 is 0 Å². The van der Waals surface area contributed by atoms with Crippen LogP contribution in [-0.4, -0.2) is 5.78 Å². The van der Waals surface area contributed by atoms with Crippen LogP contribution in [0, 0.1) is 17.8 Å². The molecule has 0 aromatic heterocycles. The molecule has 2 rings (SSSR count). The number of hydrogen-bond acceptors (Lipinski definition) is 1. The maximum absolute atomic E-state index is 11.6. The third kappa shape index (κ3) is 0.961. The van der Waals surface area contributed by atoms with E-state index in [-0.39, 0.29) is 5.92 Å². The zero-order valence-corrected chi connectivity index (χ0v) is 7.58. The van der Waals surface area contributed by atoms with Gasteiger partial charge in [-0.25, -0.2) is 0 Å². The van der Waals surface area contributed by atoms with Crippen LogP contribution in [0.2, 0.25) is 0 Å². The highest BCUT2D eigenvalue weighted by molar-refractivity contribution is 5.99. The van der Waals surface area contributed by atoms with E-state index in [1.807, 2.05) is 6.92 Å². The summed E-state index contributed by atoms with van der Waals surface area (Å²) >= 11 is 0. The van der Waals surface area contributed by atoms with Crippen molar-refractivity contribution >= 4 is 5.78 Å². The molecule has 2 aliphatic carbocycles. The lowest BCUT2D eigenvalue weighted by Crippen LogP contribution is -2.25. The SMILES string of the molecule is CC1=C[C@@H]2CC=CC(C)[C@@H]2C1=O. The molecule has 0 aromatic carbocycles. The van der Waals surface area contributed by atoms with Gasteiger partial charge in [-0.2, -0.15) is 0 Å². The van der Waals surface area contributed by atoms with E-state index in [2.05, 4.69) is 25.2 Å². The molecule has 0 saturated carbocycles. The van der Waals surface area contributed by atoms with E-state index >= 15 is 0 Å². The molecule has 0 heterocycles. The summed E-state index contributed by atoms with van der Waals surface area (Å²) in [6.07, 6.45) is 7.57. The van der Waals surface area contributed by atoms with Gasteiger partial charge in [0.1, 0.15) is 0 Å². The van der Waals surface area contributed by atoms with Crippen molar-refractivity contribution in [2.24, 2.45) is 17.8 Å². The zero-order valence-electron chi connectivity index (χ0n) is 7.58. The third-order valence-electron chi connectivity index (χ3n) is 3.03. The van der Waals surface area contributed by atoms with E-state index in [4.69, 9.17) is 0 Å². The van der Waals surface area contributed by atoms with Crippen molar-refractivity contribution in [1.29, 1.82) is 0 Å². The van der Waals surface area contributed by atoms with Crippen LogP contribution >= 0.6 is 0 Å². The Balaban J connectivity index is 2.31. The van der Waals surface area contributed by atoms with Crippen molar-refractivity contribution in [3.63, 3.8) is 0 Å². The van der Waals surface area contributed by atoms with E-state index < -0.39 is 0 Å². The molecule has 0 spiro atoms. The number of Topliss-reactive ketones (excluding diaryl/α,β-unsaturated/α-hetero) is 1. The predicted molar refractivity (Wildman–Crippen MR) is 48.7 cm³/mol. The summed E-state index contributed by atoms with van der Waals surface area (Å²) < 4.78 is 0. The Kier molecular flexibility index (Phi) is 1.67. The molecular formula is C11H14O. The van der Waals surface area contributed by atoms with Gasteiger partial charge in [0.15, 0.2) is 5.78 Å². The van der Waals surface area contributed by atoms with Crippen LogP contribution in [0.15, 0.2) is 23.8 Å². The molecule has 0 amide bonds. The second kappa shape index (κ2) is 2.58. The van der Waals surface area contributed by atoms with Gasteiger partial charge in [0.05, 0.1) is 0 Å². The summed E-state index contributed by atoms with van der Waals surface area (Å²) in [4.78, 5) is 11.6. The Morgan fingerprint density at radius 3 is 2.92 bits per heavy atom. The topological polar surface area (TPSA) is 17.1 Å². The second-order valence-corrected chi connectivity index (χ2v) is 3.93. The van der Waals surface area contributed by atoms with Crippen LogP contribution in [-0.2, 0) is 4.79 Å². The number of fused-ring (bicyclic) bond motifs is 1. The minimum Gasteiger partial charge on any atom is -0.294 e. The molecule has 0 radical (unpaired) electrons. The molecule has 12 heavy (non-hydrogen) atoms. The summed E-state index contributed by atoms with van der Waals surface area (Å²) in [6.45, 7) is 4.07. The number of carbonyl (C=O) groups excluding carboxylic acids is 1. The number of carbonyl (C=O) groups is 1. The normalized spacial score (nSPS) is 39.7. The van der Waals surface area contributed by atoms with E-state index in [0.29, 0.717) is 17.6 Å². The molecule has 1 unspecified atom stereocenters. The summed E-state index contributed by atoms with van der Waals surface area (Å²) in [5, 5.41) is 0. The van der Waals surface area contributed by atoms with E-state index in [1.165, 1.54) is 0 Å². The summed E-state index contributed by atoms with van der Waals surface area (Å²) in [5.41, 5.74) is 0.973. The fourth-order valence-electron chi connectivity index (χ4n) is 2.38. The van der Waals surface area contributed by atoms with Gasteiger partial charge < -0.3 is 0 Å². The molecule has 0 saturated heterocycles. The molecule has 1 nitrogen and oxygen atoms in total. The highest BCUT2D eigenvalue weighted by Gasteiger charge is 2.37. The van der Waals surface area contributed by atoms with Gasteiger partial charge in [-0.3, -0.25) is 4.79 Å². The molecule has 0 bridgehead atoms. The maximum atomic E-state index is 11.6. The van der Waals surface area contributed by atoms with Crippen molar-refractivity contribution in [2.75, 3.05) is 0 Å². The highest BCUT2D eigenvalue weighted by Crippen LogP contribution is 2.38. The highest BCUT2D eigenvalue weighted by atomic mass is 16.1. The zero-order chi connectivity index (χ0) is 8.72. The number of ketones is 1. The molecule has 0 aliphatic heterocycles. The maximum Gasteiger partial charge on any atom is 0.162 e. The van der Waals surface area contributed by atoms with Gasteiger partial charge in [0.2, 0.25) is 0 Å². The first-order valence-electron chi connectivity index (χ1n) is 4.59. The van der Waals surface area contributed by atoms with Gasteiger partial charge in [-0.05, 0) is 30.8 Å². The molecule has 0 N–H and O–H groups in total. The Hall–Kier alpha value is -0.850. The monoisotopic (exact) mass is 162 g/mol. The van der Waals surface area contributed by atoms with E-state index in [0.717, 1.165) is 12.0 Å². The second-order valence-electron chi connectivity index (χ2n) is 3.93. The predicted octanol–water partition coefficient (Wildman–Crippen LogP) is 2.34. The molecule has 64 valence electrons. The van der Waals surface area contributed by atoms with Gasteiger partial charge in [-0.15, -0.1) is 0 Å². The average molecular weight is 162 g/mol. The van der Waals surface area contributed by atoms with Crippen molar-refractivity contribution in [2.45, 2.75) is 20.3 Å². The molecule has 2 aliphatic rings. The molecule has 3 atom stereocenters. The fraction of sp³-hybridized carbons (Fsp3) is 0.545. The third-order valence-corrected chi connectivity index (χ3v) is 3.03. The molecule has 0 fully saturated rings. The average Bonchev–Trinajstić information content (AvgIpc) is 2.29. The lowest BCUT2D eigenvalue weighted by Gasteiger charge is -2.25. The molecule has 0 aromatic rings. The number of allylic oxidation sites excluding steroid dienone is 4. The van der Waals surface area contributed by atoms with Crippen molar-refractivity contribution < 1.29 is 4.79 Å². The van der Waals surface area contributed by atoms with Gasteiger partial charge in [-0.1, -0.05) is 25.2 Å². The first-order chi connectivity index (χ1) is 5.70. The summed E-state index contributed by atoms with van der Waals surface area (Å²) in [6, 6.07) is 0.